The van der Waals surface area contributed by atoms with Crippen molar-refractivity contribution in [2.45, 2.75) is 51.0 Å². The number of carbonyl (C=O) groups excluding carboxylic acids is 1. The van der Waals surface area contributed by atoms with E-state index >= 15 is 0 Å². The van der Waals surface area contributed by atoms with Crippen molar-refractivity contribution in [2.75, 3.05) is 26.2 Å². The zero-order valence-corrected chi connectivity index (χ0v) is 13.0. The maximum atomic E-state index is 12.2. The second-order valence-corrected chi connectivity index (χ2v) is 6.32. The third-order valence-electron chi connectivity index (χ3n) is 4.66. The molecule has 3 rings (SSSR count). The Morgan fingerprint density at radius 1 is 1.32 bits per heavy atom. The van der Waals surface area contributed by atoms with E-state index in [-0.39, 0.29) is 12.0 Å². The summed E-state index contributed by atoms with van der Waals surface area (Å²) in [5.41, 5.74) is 1.49. The predicted molar refractivity (Wildman–Crippen MR) is 81.8 cm³/mol. The number of aliphatic hydroxyl groups excluding tert-OH is 1. The zero-order chi connectivity index (χ0) is 15.4. The summed E-state index contributed by atoms with van der Waals surface area (Å²) in [6.07, 6.45) is 6.53. The van der Waals surface area contributed by atoms with E-state index in [0.29, 0.717) is 12.2 Å². The summed E-state index contributed by atoms with van der Waals surface area (Å²) in [6, 6.07) is 0. The van der Waals surface area contributed by atoms with E-state index in [1.165, 1.54) is 0 Å². The molecule has 2 N–H and O–H groups in total. The minimum absolute atomic E-state index is 0.110. The van der Waals surface area contributed by atoms with Crippen LogP contribution >= 0.6 is 0 Å². The van der Waals surface area contributed by atoms with Crippen LogP contribution < -0.4 is 5.32 Å². The molecule has 0 unspecified atom stereocenters. The Balaban J connectivity index is 1.40. The van der Waals surface area contributed by atoms with E-state index in [1.54, 1.807) is 0 Å². The molecule has 6 heteroatoms. The molecular weight excluding hydrogens is 282 g/mol. The van der Waals surface area contributed by atoms with Gasteiger partial charge >= 0.3 is 0 Å². The molecule has 0 bridgehead atoms. The lowest BCUT2D eigenvalue weighted by Gasteiger charge is -2.29. The highest BCUT2D eigenvalue weighted by Gasteiger charge is 2.23. The highest BCUT2D eigenvalue weighted by molar-refractivity contribution is 5.93. The predicted octanol–water partition coefficient (Wildman–Crippen LogP) is 1.13. The van der Waals surface area contributed by atoms with Crippen molar-refractivity contribution in [1.29, 1.82) is 0 Å². The molecule has 2 aliphatic rings. The summed E-state index contributed by atoms with van der Waals surface area (Å²) in [4.78, 5) is 14.5. The number of hydrogen-bond donors (Lipinski definition) is 2. The van der Waals surface area contributed by atoms with Gasteiger partial charge in [0, 0.05) is 31.6 Å². The number of hydrogen-bond acceptors (Lipinski definition) is 5. The van der Waals surface area contributed by atoms with Gasteiger partial charge in [0.25, 0.3) is 5.91 Å². The van der Waals surface area contributed by atoms with Crippen molar-refractivity contribution >= 4 is 5.91 Å². The van der Waals surface area contributed by atoms with Gasteiger partial charge < -0.3 is 19.8 Å². The van der Waals surface area contributed by atoms with Crippen LogP contribution in [0, 0.1) is 0 Å². The van der Waals surface area contributed by atoms with E-state index in [2.05, 4.69) is 15.4 Å². The Morgan fingerprint density at radius 2 is 2.09 bits per heavy atom. The molecule has 122 valence electrons. The minimum atomic E-state index is -0.130. The topological polar surface area (TPSA) is 78.6 Å². The van der Waals surface area contributed by atoms with Crippen LogP contribution in [0.2, 0.25) is 0 Å². The average molecular weight is 307 g/mol. The first kappa shape index (κ1) is 15.5. The first-order chi connectivity index (χ1) is 10.7. The standard InChI is InChI=1S/C16H25N3O3/c20-12-6-10-19(11-7-12)9-3-8-17-16(21)15-13-4-1-2-5-14(13)22-18-15/h12,20H,1-11H2,(H,17,21). The fourth-order valence-corrected chi connectivity index (χ4v) is 3.29. The lowest BCUT2D eigenvalue weighted by atomic mass is 9.96. The van der Waals surface area contributed by atoms with E-state index in [1.807, 2.05) is 0 Å². The van der Waals surface area contributed by atoms with Gasteiger partial charge in [-0.2, -0.15) is 0 Å². The molecule has 1 saturated heterocycles. The molecule has 2 heterocycles. The first-order valence-corrected chi connectivity index (χ1v) is 8.40. The molecule has 1 aliphatic carbocycles. The van der Waals surface area contributed by atoms with Gasteiger partial charge in [0.05, 0.1) is 6.10 Å². The summed E-state index contributed by atoms with van der Waals surface area (Å²) < 4.78 is 5.28. The van der Waals surface area contributed by atoms with E-state index in [0.717, 1.165) is 75.9 Å². The summed E-state index contributed by atoms with van der Waals surface area (Å²) in [7, 11) is 0. The molecule has 0 atom stereocenters. The number of amides is 1. The summed E-state index contributed by atoms with van der Waals surface area (Å²) in [5, 5.41) is 16.4. The Kier molecular flexibility index (Phi) is 5.10. The second kappa shape index (κ2) is 7.24. The number of nitrogens with one attached hydrogen (secondary N) is 1. The van der Waals surface area contributed by atoms with Crippen LogP contribution in [0.5, 0.6) is 0 Å². The van der Waals surface area contributed by atoms with Gasteiger partial charge in [-0.05, 0) is 45.1 Å². The molecule has 0 spiro atoms. The van der Waals surface area contributed by atoms with Crippen LogP contribution in [-0.4, -0.2) is 53.4 Å². The fraction of sp³-hybridized carbons (Fsp3) is 0.750. The van der Waals surface area contributed by atoms with Gasteiger partial charge in [-0.25, -0.2) is 0 Å². The SMILES string of the molecule is O=C(NCCCN1CCC(O)CC1)c1noc2c1CCCC2. The molecule has 6 nitrogen and oxygen atoms in total. The lowest BCUT2D eigenvalue weighted by molar-refractivity contribution is 0.0816. The molecule has 1 aromatic heterocycles. The number of aromatic nitrogens is 1. The molecule has 0 saturated carbocycles. The second-order valence-electron chi connectivity index (χ2n) is 6.32. The van der Waals surface area contributed by atoms with Crippen molar-refractivity contribution in [3.63, 3.8) is 0 Å². The molecule has 1 aromatic rings. The van der Waals surface area contributed by atoms with E-state index in [4.69, 9.17) is 4.52 Å². The monoisotopic (exact) mass is 307 g/mol. The molecule has 1 aliphatic heterocycles. The van der Waals surface area contributed by atoms with Gasteiger partial charge in [0.1, 0.15) is 5.76 Å². The molecule has 1 amide bonds. The van der Waals surface area contributed by atoms with Gasteiger partial charge in [-0.1, -0.05) is 5.16 Å². The largest absolute Gasteiger partial charge is 0.393 e. The third-order valence-corrected chi connectivity index (χ3v) is 4.66. The quantitative estimate of drug-likeness (QED) is 0.797. The molecule has 0 aromatic carbocycles. The van der Waals surface area contributed by atoms with Crippen LogP contribution in [0.25, 0.3) is 0 Å². The van der Waals surface area contributed by atoms with Crippen LogP contribution in [0.3, 0.4) is 0 Å². The van der Waals surface area contributed by atoms with Gasteiger partial charge in [0.2, 0.25) is 0 Å². The molecule has 22 heavy (non-hydrogen) atoms. The van der Waals surface area contributed by atoms with Gasteiger partial charge in [0.15, 0.2) is 5.69 Å². The van der Waals surface area contributed by atoms with Crippen molar-refractivity contribution in [3.8, 4) is 0 Å². The summed E-state index contributed by atoms with van der Waals surface area (Å²) in [5.74, 6) is 0.782. The number of carbonyl (C=O) groups is 1. The number of aryl methyl sites for hydroxylation is 1. The van der Waals surface area contributed by atoms with Crippen molar-refractivity contribution in [3.05, 3.63) is 17.0 Å². The highest BCUT2D eigenvalue weighted by atomic mass is 16.5. The maximum Gasteiger partial charge on any atom is 0.273 e. The van der Waals surface area contributed by atoms with E-state index < -0.39 is 0 Å². The normalized spacial score (nSPS) is 19.9. The first-order valence-electron chi connectivity index (χ1n) is 8.40. The van der Waals surface area contributed by atoms with Crippen LogP contribution in [-0.2, 0) is 12.8 Å². The van der Waals surface area contributed by atoms with Crippen molar-refractivity contribution in [2.24, 2.45) is 0 Å². The Bertz CT molecular complexity index is 507. The zero-order valence-electron chi connectivity index (χ0n) is 13.0. The third kappa shape index (κ3) is 3.67. The highest BCUT2D eigenvalue weighted by Crippen LogP contribution is 2.24. The van der Waals surface area contributed by atoms with Gasteiger partial charge in [-0.3, -0.25) is 4.79 Å². The maximum absolute atomic E-state index is 12.2. The van der Waals surface area contributed by atoms with Crippen LogP contribution in [0.15, 0.2) is 4.52 Å². The number of rotatable bonds is 5. The minimum Gasteiger partial charge on any atom is -0.393 e. The number of nitrogens with zero attached hydrogens (tertiary/aromatic N) is 2. The number of aliphatic hydroxyl groups is 1. The van der Waals surface area contributed by atoms with Crippen molar-refractivity contribution in [1.82, 2.24) is 15.4 Å². The molecule has 1 fully saturated rings. The average Bonchev–Trinajstić information content (AvgIpc) is 2.97. The fourth-order valence-electron chi connectivity index (χ4n) is 3.29. The lowest BCUT2D eigenvalue weighted by Crippen LogP contribution is -2.37. The van der Waals surface area contributed by atoms with E-state index in [9.17, 15) is 9.90 Å². The van der Waals surface area contributed by atoms with Crippen LogP contribution in [0.1, 0.15) is 53.9 Å². The smallest absolute Gasteiger partial charge is 0.273 e. The number of piperidine rings is 1. The summed E-state index contributed by atoms with van der Waals surface area (Å²) in [6.45, 7) is 3.52. The molecule has 0 radical (unpaired) electrons. The van der Waals surface area contributed by atoms with Crippen molar-refractivity contribution < 1.29 is 14.4 Å². The number of fused-ring (bicyclic) bond motifs is 1. The Hall–Kier alpha value is -1.40. The Morgan fingerprint density at radius 3 is 2.91 bits per heavy atom. The molecular formula is C16H25N3O3. The number of likely N-dealkylation sites (tertiary alicyclic amines) is 1. The summed E-state index contributed by atoms with van der Waals surface area (Å²) >= 11 is 0. The Labute approximate surface area is 130 Å². The van der Waals surface area contributed by atoms with Gasteiger partial charge in [-0.15, -0.1) is 0 Å². The van der Waals surface area contributed by atoms with Crippen LogP contribution in [0.4, 0.5) is 0 Å².